The summed E-state index contributed by atoms with van der Waals surface area (Å²) in [5, 5.41) is 0.463. The summed E-state index contributed by atoms with van der Waals surface area (Å²) in [4.78, 5) is 30.2. The highest BCUT2D eigenvalue weighted by atomic mass is 32.2. The number of ketones is 1. The highest BCUT2D eigenvalue weighted by molar-refractivity contribution is 7.92. The standard InChI is InChI=1S/C39H50N2O6S/c1-6-9-16-36-37(38(42)30-17-20-33(21-18-30)46-26-13-25-40(23-10-7-2)24-11-8-3)34-28-32(19-22-35(34)47-36)41(48(5,44)45)39(43)31-15-12-14-29(4)27-31/h12,14-15,17-22,27-28H,6-11,13,16,23-26H2,1-5H3. The molecule has 0 radical (unpaired) electrons. The number of benzene rings is 3. The van der Waals surface area contributed by atoms with Gasteiger partial charge in [-0.25, -0.2) is 12.7 Å². The van der Waals surface area contributed by atoms with E-state index < -0.39 is 15.9 Å². The Morgan fingerprint density at radius 1 is 0.792 bits per heavy atom. The molecule has 1 heterocycles. The second-order valence-corrected chi connectivity index (χ2v) is 14.3. The van der Waals surface area contributed by atoms with Crippen molar-refractivity contribution in [2.45, 2.75) is 79.1 Å². The molecule has 0 atom stereocenters. The first-order valence-corrected chi connectivity index (χ1v) is 19.1. The summed E-state index contributed by atoms with van der Waals surface area (Å²) in [6, 6.07) is 18.6. The number of fused-ring (bicyclic) bond motifs is 1. The summed E-state index contributed by atoms with van der Waals surface area (Å²) >= 11 is 0. The molecule has 8 nitrogen and oxygen atoms in total. The van der Waals surface area contributed by atoms with Crippen LogP contribution in [-0.4, -0.2) is 57.5 Å². The van der Waals surface area contributed by atoms with Gasteiger partial charge in [0, 0.05) is 29.5 Å². The Morgan fingerprint density at radius 3 is 2.08 bits per heavy atom. The molecule has 0 saturated heterocycles. The third-order valence-corrected chi connectivity index (χ3v) is 9.44. The van der Waals surface area contributed by atoms with Crippen LogP contribution >= 0.6 is 0 Å². The summed E-state index contributed by atoms with van der Waals surface area (Å²) in [5.74, 6) is 0.334. The van der Waals surface area contributed by atoms with Crippen molar-refractivity contribution in [1.29, 1.82) is 0 Å². The van der Waals surface area contributed by atoms with Crippen LogP contribution in [0.5, 0.6) is 5.75 Å². The third-order valence-electron chi connectivity index (χ3n) is 8.40. The average molecular weight is 675 g/mol. The van der Waals surface area contributed by atoms with Crippen molar-refractivity contribution >= 4 is 38.4 Å². The Morgan fingerprint density at radius 2 is 1.46 bits per heavy atom. The third kappa shape index (κ3) is 9.57. The van der Waals surface area contributed by atoms with E-state index in [0.717, 1.165) is 55.0 Å². The highest BCUT2D eigenvalue weighted by Crippen LogP contribution is 2.34. The summed E-state index contributed by atoms with van der Waals surface area (Å²) in [5.41, 5.74) is 2.52. The summed E-state index contributed by atoms with van der Waals surface area (Å²) in [6.45, 7) is 12.2. The number of sulfonamides is 1. The normalized spacial score (nSPS) is 11.7. The van der Waals surface area contributed by atoms with Gasteiger partial charge in [0.2, 0.25) is 10.0 Å². The van der Waals surface area contributed by atoms with Crippen molar-refractivity contribution in [2.24, 2.45) is 0 Å². The number of hydrogen-bond donors (Lipinski definition) is 0. The van der Waals surface area contributed by atoms with Gasteiger partial charge >= 0.3 is 0 Å². The molecule has 1 aromatic heterocycles. The number of nitrogens with zero attached hydrogens (tertiary/aromatic N) is 2. The van der Waals surface area contributed by atoms with Crippen LogP contribution in [0.2, 0.25) is 0 Å². The lowest BCUT2D eigenvalue weighted by molar-refractivity contribution is 0.100. The van der Waals surface area contributed by atoms with E-state index in [0.29, 0.717) is 46.6 Å². The van der Waals surface area contributed by atoms with Crippen LogP contribution in [0, 0.1) is 6.92 Å². The van der Waals surface area contributed by atoms with E-state index in [9.17, 15) is 18.0 Å². The Hall–Kier alpha value is -3.95. The molecule has 4 rings (SSSR count). The smallest absolute Gasteiger partial charge is 0.272 e. The SMILES string of the molecule is CCCCc1oc2ccc(N(C(=O)c3cccc(C)c3)S(C)(=O)=O)cc2c1C(=O)c1ccc(OCCCN(CCCC)CCCC)cc1. The van der Waals surface area contributed by atoms with Crippen LogP contribution in [0.3, 0.4) is 0 Å². The van der Waals surface area contributed by atoms with Crippen LogP contribution in [0.15, 0.2) is 71.1 Å². The second-order valence-electron chi connectivity index (χ2n) is 12.5. The summed E-state index contributed by atoms with van der Waals surface area (Å²) in [6.07, 6.45) is 8.98. The zero-order chi connectivity index (χ0) is 34.7. The molecule has 258 valence electrons. The zero-order valence-corrected chi connectivity index (χ0v) is 29.9. The minimum Gasteiger partial charge on any atom is -0.494 e. The Labute approximate surface area is 286 Å². The number of ether oxygens (including phenoxy) is 1. The van der Waals surface area contributed by atoms with Gasteiger partial charge in [-0.05, 0) is 100 Å². The maximum Gasteiger partial charge on any atom is 0.272 e. The lowest BCUT2D eigenvalue weighted by Gasteiger charge is -2.21. The maximum atomic E-state index is 14.1. The van der Waals surface area contributed by atoms with Crippen molar-refractivity contribution in [3.05, 3.63) is 94.7 Å². The van der Waals surface area contributed by atoms with Gasteiger partial charge in [0.05, 0.1) is 24.1 Å². The fourth-order valence-electron chi connectivity index (χ4n) is 5.80. The lowest BCUT2D eigenvalue weighted by atomic mass is 9.98. The Bertz CT molecular complexity index is 1770. The fourth-order valence-corrected chi connectivity index (χ4v) is 6.71. The minimum atomic E-state index is -4.02. The predicted octanol–water partition coefficient (Wildman–Crippen LogP) is 8.59. The Kier molecular flexibility index (Phi) is 13.4. The predicted molar refractivity (Wildman–Crippen MR) is 194 cm³/mol. The molecule has 0 saturated carbocycles. The summed E-state index contributed by atoms with van der Waals surface area (Å²) in [7, 11) is -4.02. The number of anilines is 1. The molecular formula is C39H50N2O6S. The van der Waals surface area contributed by atoms with E-state index in [2.05, 4.69) is 25.7 Å². The van der Waals surface area contributed by atoms with Crippen molar-refractivity contribution in [1.82, 2.24) is 4.90 Å². The first-order chi connectivity index (χ1) is 23.1. The first-order valence-electron chi connectivity index (χ1n) is 17.2. The van der Waals surface area contributed by atoms with E-state index in [-0.39, 0.29) is 17.0 Å². The number of aryl methyl sites for hydroxylation is 2. The molecule has 1 amide bonds. The van der Waals surface area contributed by atoms with Gasteiger partial charge in [-0.15, -0.1) is 0 Å². The number of rotatable bonds is 19. The molecule has 0 bridgehead atoms. The molecule has 0 aliphatic rings. The van der Waals surface area contributed by atoms with Gasteiger partial charge in [0.25, 0.3) is 5.91 Å². The first kappa shape index (κ1) is 36.9. The van der Waals surface area contributed by atoms with Crippen molar-refractivity contribution in [3.8, 4) is 5.75 Å². The van der Waals surface area contributed by atoms with Crippen LogP contribution in [-0.2, 0) is 16.4 Å². The lowest BCUT2D eigenvalue weighted by Crippen LogP contribution is -2.36. The number of unbranched alkanes of at least 4 members (excludes halogenated alkanes) is 3. The molecule has 4 aromatic rings. The largest absolute Gasteiger partial charge is 0.494 e. The number of carbonyl (C=O) groups is 2. The van der Waals surface area contributed by atoms with Crippen LogP contribution in [0.4, 0.5) is 5.69 Å². The van der Waals surface area contributed by atoms with Crippen molar-refractivity contribution in [2.75, 3.05) is 36.8 Å². The van der Waals surface area contributed by atoms with Crippen molar-refractivity contribution < 1.29 is 27.2 Å². The molecule has 3 aromatic carbocycles. The molecule has 0 N–H and O–H groups in total. The van der Waals surface area contributed by atoms with E-state index in [1.54, 1.807) is 42.5 Å². The molecule has 48 heavy (non-hydrogen) atoms. The van der Waals surface area contributed by atoms with Gasteiger partial charge in [0.15, 0.2) is 5.78 Å². The zero-order valence-electron chi connectivity index (χ0n) is 29.1. The second kappa shape index (κ2) is 17.4. The van der Waals surface area contributed by atoms with E-state index in [4.69, 9.17) is 9.15 Å². The average Bonchev–Trinajstić information content (AvgIpc) is 3.43. The molecule has 0 spiro atoms. The van der Waals surface area contributed by atoms with Gasteiger partial charge < -0.3 is 14.1 Å². The number of furan rings is 1. The van der Waals surface area contributed by atoms with Crippen LogP contribution in [0.1, 0.15) is 103 Å². The molecule has 0 unspecified atom stereocenters. The highest BCUT2D eigenvalue weighted by Gasteiger charge is 2.29. The monoisotopic (exact) mass is 674 g/mol. The maximum absolute atomic E-state index is 14.1. The topological polar surface area (TPSA) is 97.1 Å². The number of hydrogen-bond acceptors (Lipinski definition) is 7. The van der Waals surface area contributed by atoms with Gasteiger partial charge in [-0.1, -0.05) is 57.7 Å². The molecular weight excluding hydrogens is 625 g/mol. The van der Waals surface area contributed by atoms with Gasteiger partial charge in [0.1, 0.15) is 17.1 Å². The van der Waals surface area contributed by atoms with Crippen molar-refractivity contribution in [3.63, 3.8) is 0 Å². The fraction of sp³-hybridized carbons (Fsp3) is 0.436. The number of carbonyl (C=O) groups excluding carboxylic acids is 2. The Balaban J connectivity index is 1.58. The van der Waals surface area contributed by atoms with E-state index >= 15 is 0 Å². The van der Waals surface area contributed by atoms with Gasteiger partial charge in [-0.3, -0.25) is 9.59 Å². The molecule has 0 aliphatic heterocycles. The van der Waals surface area contributed by atoms with Gasteiger partial charge in [-0.2, -0.15) is 0 Å². The van der Waals surface area contributed by atoms with Crippen LogP contribution in [0.25, 0.3) is 11.0 Å². The van der Waals surface area contributed by atoms with E-state index in [1.807, 2.05) is 25.1 Å². The molecule has 0 aliphatic carbocycles. The quantitative estimate of drug-likeness (QED) is 0.0726. The van der Waals surface area contributed by atoms with Crippen LogP contribution < -0.4 is 9.04 Å². The van der Waals surface area contributed by atoms with E-state index in [1.165, 1.54) is 31.7 Å². The molecule has 0 fully saturated rings. The number of amides is 1. The summed E-state index contributed by atoms with van der Waals surface area (Å²) < 4.78 is 39.0. The molecule has 9 heteroatoms. The minimum absolute atomic E-state index is 0.139.